The summed E-state index contributed by atoms with van der Waals surface area (Å²) in [6.07, 6.45) is 4.34. The van der Waals surface area contributed by atoms with Crippen LogP contribution in [0, 0.1) is 16.0 Å². The third-order valence-electron chi connectivity index (χ3n) is 2.89. The fraction of sp³-hybridized carbons (Fsp3) is 0.583. The van der Waals surface area contributed by atoms with Crippen molar-refractivity contribution < 1.29 is 9.72 Å². The molecular weight excluding hydrogens is 314 g/mol. The van der Waals surface area contributed by atoms with Gasteiger partial charge < -0.3 is 10.3 Å². The van der Waals surface area contributed by atoms with E-state index < -0.39 is 4.92 Å². The number of nitrogens with one attached hydrogen (secondary N) is 2. The summed E-state index contributed by atoms with van der Waals surface area (Å²) < 4.78 is 0. The van der Waals surface area contributed by atoms with E-state index in [1.165, 1.54) is 12.3 Å². The van der Waals surface area contributed by atoms with Crippen LogP contribution < -0.4 is 5.32 Å². The van der Waals surface area contributed by atoms with Gasteiger partial charge in [-0.2, -0.15) is 0 Å². The lowest BCUT2D eigenvalue weighted by atomic mass is 10.0. The second kappa shape index (κ2) is 7.93. The maximum absolute atomic E-state index is 11.8. The molecule has 6 nitrogen and oxygen atoms in total. The molecule has 0 aliphatic carbocycles. The third-order valence-corrected chi connectivity index (χ3v) is 3.35. The van der Waals surface area contributed by atoms with Crippen LogP contribution in [0.1, 0.15) is 36.7 Å². The van der Waals surface area contributed by atoms with E-state index in [-0.39, 0.29) is 17.3 Å². The van der Waals surface area contributed by atoms with Crippen molar-refractivity contribution in [2.75, 3.05) is 11.9 Å². The van der Waals surface area contributed by atoms with E-state index in [1.54, 1.807) is 0 Å². The number of carbonyl (C=O) groups is 1. The van der Waals surface area contributed by atoms with Gasteiger partial charge in [0.1, 0.15) is 5.69 Å². The van der Waals surface area contributed by atoms with Crippen molar-refractivity contribution in [2.24, 2.45) is 5.92 Å². The van der Waals surface area contributed by atoms with Crippen LogP contribution in [0.3, 0.4) is 0 Å². The molecule has 106 valence electrons. The minimum absolute atomic E-state index is 0.101. The minimum atomic E-state index is -0.530. The van der Waals surface area contributed by atoms with Crippen LogP contribution in [0.25, 0.3) is 0 Å². The maximum atomic E-state index is 11.8. The van der Waals surface area contributed by atoms with Crippen molar-refractivity contribution in [3.8, 4) is 0 Å². The van der Waals surface area contributed by atoms with Crippen LogP contribution in [-0.2, 0) is 0 Å². The largest absolute Gasteiger partial charge is 0.351 e. The Labute approximate surface area is 120 Å². The van der Waals surface area contributed by atoms with Gasteiger partial charge in [-0.05, 0) is 18.8 Å². The molecule has 0 aliphatic heterocycles. The molecule has 1 atom stereocenters. The first kappa shape index (κ1) is 15.7. The monoisotopic (exact) mass is 331 g/mol. The molecule has 1 aromatic heterocycles. The third kappa shape index (κ3) is 5.02. The summed E-state index contributed by atoms with van der Waals surface area (Å²) >= 11 is 3.40. The second-order valence-corrected chi connectivity index (χ2v) is 5.16. The molecule has 0 saturated heterocycles. The number of aromatic nitrogens is 1. The predicted octanol–water partition coefficient (Wildman–Crippen LogP) is 2.85. The number of hydrogen-bond donors (Lipinski definition) is 2. The highest BCUT2D eigenvalue weighted by atomic mass is 79.9. The van der Waals surface area contributed by atoms with Crippen LogP contribution >= 0.6 is 15.9 Å². The summed E-state index contributed by atoms with van der Waals surface area (Å²) in [6.45, 7) is 2.70. The predicted molar refractivity (Wildman–Crippen MR) is 76.6 cm³/mol. The molecule has 1 aromatic rings. The molecule has 7 heteroatoms. The number of amides is 1. The molecule has 0 aliphatic rings. The van der Waals surface area contributed by atoms with Gasteiger partial charge >= 0.3 is 0 Å². The molecule has 0 spiro atoms. The van der Waals surface area contributed by atoms with E-state index in [0.29, 0.717) is 12.5 Å². The van der Waals surface area contributed by atoms with Gasteiger partial charge in [-0.1, -0.05) is 29.3 Å². The van der Waals surface area contributed by atoms with Crippen LogP contribution in [0.5, 0.6) is 0 Å². The Hall–Kier alpha value is -1.37. The first-order valence-electron chi connectivity index (χ1n) is 6.25. The number of rotatable bonds is 8. The van der Waals surface area contributed by atoms with Gasteiger partial charge in [0, 0.05) is 17.9 Å². The molecule has 1 unspecified atom stereocenters. The van der Waals surface area contributed by atoms with Crippen molar-refractivity contribution in [1.82, 2.24) is 10.3 Å². The van der Waals surface area contributed by atoms with Crippen LogP contribution in [0.15, 0.2) is 12.3 Å². The van der Waals surface area contributed by atoms with E-state index in [2.05, 4.69) is 33.2 Å². The molecule has 0 aromatic carbocycles. The zero-order valence-electron chi connectivity index (χ0n) is 10.8. The van der Waals surface area contributed by atoms with E-state index in [1.807, 2.05) is 0 Å². The molecule has 19 heavy (non-hydrogen) atoms. The highest BCUT2D eigenvalue weighted by molar-refractivity contribution is 9.09. The van der Waals surface area contributed by atoms with Gasteiger partial charge in [0.05, 0.1) is 11.1 Å². The number of aromatic amines is 1. The highest BCUT2D eigenvalue weighted by Crippen LogP contribution is 2.14. The smallest absolute Gasteiger partial charge is 0.287 e. The molecule has 1 amide bonds. The Morgan fingerprint density at radius 1 is 1.58 bits per heavy atom. The van der Waals surface area contributed by atoms with Gasteiger partial charge in [-0.15, -0.1) is 0 Å². The number of hydrogen-bond acceptors (Lipinski definition) is 3. The fourth-order valence-electron chi connectivity index (χ4n) is 1.86. The molecule has 1 rings (SSSR count). The average molecular weight is 332 g/mol. The van der Waals surface area contributed by atoms with Crippen molar-refractivity contribution in [2.45, 2.75) is 26.2 Å². The SMILES string of the molecule is CCCC(CCBr)CNC(=O)c1cc([N+](=O)[O-])c[nH]1. The number of alkyl halides is 1. The summed E-state index contributed by atoms with van der Waals surface area (Å²) in [4.78, 5) is 24.4. The Morgan fingerprint density at radius 2 is 2.32 bits per heavy atom. The van der Waals surface area contributed by atoms with E-state index in [9.17, 15) is 14.9 Å². The number of nitro groups is 1. The topological polar surface area (TPSA) is 88.0 Å². The number of nitrogens with zero attached hydrogens (tertiary/aromatic N) is 1. The number of carbonyl (C=O) groups excluding carboxylic acids is 1. The van der Waals surface area contributed by atoms with Gasteiger partial charge in [0.15, 0.2) is 0 Å². The summed E-state index contributed by atoms with van der Waals surface area (Å²) in [5.74, 6) is 0.127. The molecular formula is C12H18BrN3O3. The lowest BCUT2D eigenvalue weighted by molar-refractivity contribution is -0.384. The number of halogens is 1. The van der Waals surface area contributed by atoms with Crippen LogP contribution in [0.2, 0.25) is 0 Å². The van der Waals surface area contributed by atoms with Crippen molar-refractivity contribution in [3.63, 3.8) is 0 Å². The summed E-state index contributed by atoms with van der Waals surface area (Å²) in [5.41, 5.74) is 0.122. The van der Waals surface area contributed by atoms with Crippen LogP contribution in [0.4, 0.5) is 5.69 Å². The maximum Gasteiger partial charge on any atom is 0.287 e. The molecule has 0 saturated carbocycles. The molecule has 0 radical (unpaired) electrons. The standard InChI is InChI=1S/C12H18BrN3O3/c1-2-3-9(4-5-13)7-15-12(17)11-6-10(8-14-11)16(18)19/h6,8-9,14H,2-5,7H2,1H3,(H,15,17). The van der Waals surface area contributed by atoms with Crippen molar-refractivity contribution in [1.29, 1.82) is 0 Å². The number of H-pyrrole nitrogens is 1. The Bertz CT molecular complexity index is 428. The second-order valence-electron chi connectivity index (χ2n) is 4.37. The Balaban J connectivity index is 2.51. The lowest BCUT2D eigenvalue weighted by Crippen LogP contribution is -2.29. The summed E-state index contributed by atoms with van der Waals surface area (Å²) in [5, 5.41) is 14.2. The Kier molecular flexibility index (Phi) is 6.55. The van der Waals surface area contributed by atoms with Crippen LogP contribution in [-0.4, -0.2) is 27.7 Å². The van der Waals surface area contributed by atoms with Crippen molar-refractivity contribution in [3.05, 3.63) is 28.1 Å². The fourth-order valence-corrected chi connectivity index (χ4v) is 2.51. The summed E-state index contributed by atoms with van der Waals surface area (Å²) in [6, 6.07) is 1.24. The first-order valence-corrected chi connectivity index (χ1v) is 7.37. The normalized spacial score (nSPS) is 12.1. The highest BCUT2D eigenvalue weighted by Gasteiger charge is 2.15. The molecule has 1 heterocycles. The van der Waals surface area contributed by atoms with Gasteiger partial charge in [-0.3, -0.25) is 14.9 Å². The van der Waals surface area contributed by atoms with E-state index >= 15 is 0 Å². The van der Waals surface area contributed by atoms with E-state index in [0.717, 1.165) is 24.6 Å². The summed E-state index contributed by atoms with van der Waals surface area (Å²) in [7, 11) is 0. The van der Waals surface area contributed by atoms with Gasteiger partial charge in [-0.25, -0.2) is 0 Å². The minimum Gasteiger partial charge on any atom is -0.351 e. The lowest BCUT2D eigenvalue weighted by Gasteiger charge is -2.15. The van der Waals surface area contributed by atoms with Crippen molar-refractivity contribution >= 4 is 27.5 Å². The quantitative estimate of drug-likeness (QED) is 0.436. The molecule has 0 bridgehead atoms. The van der Waals surface area contributed by atoms with E-state index in [4.69, 9.17) is 0 Å². The molecule has 2 N–H and O–H groups in total. The zero-order chi connectivity index (χ0) is 14.3. The van der Waals surface area contributed by atoms with Gasteiger partial charge in [0.25, 0.3) is 11.6 Å². The Morgan fingerprint density at radius 3 is 2.84 bits per heavy atom. The first-order chi connectivity index (χ1) is 9.08. The average Bonchev–Trinajstić information content (AvgIpc) is 2.86. The van der Waals surface area contributed by atoms with Gasteiger partial charge in [0.2, 0.25) is 0 Å². The zero-order valence-corrected chi connectivity index (χ0v) is 12.4. The molecule has 0 fully saturated rings.